The Hall–Kier alpha value is -1.91. The first-order valence-electron chi connectivity index (χ1n) is 10.1. The first kappa shape index (κ1) is 18.5. The normalized spacial score (nSPS) is 40.9. The van der Waals surface area contributed by atoms with Crippen molar-refractivity contribution in [2.75, 3.05) is 0 Å². The van der Waals surface area contributed by atoms with Gasteiger partial charge in [-0.05, 0) is 61.0 Å². The summed E-state index contributed by atoms with van der Waals surface area (Å²) < 4.78 is 4.98. The first-order valence-corrected chi connectivity index (χ1v) is 10.1. The third kappa shape index (κ3) is 2.33. The Kier molecular flexibility index (Phi) is 3.96. The molecule has 0 aromatic heterocycles. The molecule has 1 saturated heterocycles. The lowest BCUT2D eigenvalue weighted by atomic mass is 9.47. The van der Waals surface area contributed by atoms with E-state index >= 15 is 0 Å². The quantitative estimate of drug-likeness (QED) is 0.587. The molecule has 0 spiro atoms. The molecule has 4 rings (SSSR count). The van der Waals surface area contributed by atoms with Crippen molar-refractivity contribution < 1.29 is 24.2 Å². The molecule has 0 radical (unpaired) electrons. The number of carbonyl (C=O) groups excluding carboxylic acids is 2. The van der Waals surface area contributed by atoms with E-state index in [4.69, 9.17) is 4.74 Å². The molecule has 5 unspecified atom stereocenters. The highest BCUT2D eigenvalue weighted by Gasteiger charge is 2.60. The summed E-state index contributed by atoms with van der Waals surface area (Å²) in [6, 6.07) is 0. The number of hydrogen-bond acceptors (Lipinski definition) is 4. The monoisotopic (exact) mass is 372 g/mol. The number of carbonyl (C=O) groups is 3. The molecule has 0 aromatic carbocycles. The van der Waals surface area contributed by atoms with Crippen LogP contribution in [-0.4, -0.2) is 23.0 Å². The highest BCUT2D eigenvalue weighted by atomic mass is 16.6. The third-order valence-electron chi connectivity index (χ3n) is 7.75. The molecule has 3 aliphatic carbocycles. The molecule has 5 nitrogen and oxygen atoms in total. The zero-order valence-electron chi connectivity index (χ0n) is 16.5. The van der Waals surface area contributed by atoms with Crippen molar-refractivity contribution in [2.45, 2.75) is 59.8 Å². The molecule has 1 N–H and O–H groups in total. The minimum Gasteiger partial charge on any atom is -0.481 e. The highest BCUT2D eigenvalue weighted by Crippen LogP contribution is 2.64. The number of cyclic esters (lactones) is 2. The summed E-state index contributed by atoms with van der Waals surface area (Å²) in [6.07, 6.45) is 5.83. The Balaban J connectivity index is 1.91. The van der Waals surface area contributed by atoms with Crippen LogP contribution in [0.15, 0.2) is 22.8 Å². The number of carboxylic acid groups (broad SMARTS) is 1. The maximum Gasteiger partial charge on any atom is 0.321 e. The largest absolute Gasteiger partial charge is 0.481 e. The van der Waals surface area contributed by atoms with Crippen LogP contribution in [0.1, 0.15) is 59.8 Å². The van der Waals surface area contributed by atoms with Gasteiger partial charge in [0, 0.05) is 0 Å². The SMILES string of the molecule is CC(C)C1=CC2C(=O)OC(=O)C2C2=C1C1(C)CCCC(C)(C(=O)O)C1CC2. The van der Waals surface area contributed by atoms with Gasteiger partial charge in [0.15, 0.2) is 0 Å². The van der Waals surface area contributed by atoms with E-state index in [2.05, 4.69) is 20.8 Å². The van der Waals surface area contributed by atoms with E-state index in [1.807, 2.05) is 13.0 Å². The van der Waals surface area contributed by atoms with E-state index in [0.717, 1.165) is 36.0 Å². The van der Waals surface area contributed by atoms with E-state index in [1.54, 1.807) is 0 Å². The molecule has 5 atom stereocenters. The third-order valence-corrected chi connectivity index (χ3v) is 7.75. The first-order chi connectivity index (χ1) is 12.6. The Morgan fingerprint density at radius 3 is 2.56 bits per heavy atom. The predicted octanol–water partition coefficient (Wildman–Crippen LogP) is 3.89. The van der Waals surface area contributed by atoms with E-state index in [1.165, 1.54) is 0 Å². The highest BCUT2D eigenvalue weighted by molar-refractivity contribution is 6.00. The van der Waals surface area contributed by atoms with Gasteiger partial charge in [-0.2, -0.15) is 0 Å². The Morgan fingerprint density at radius 2 is 1.93 bits per heavy atom. The fourth-order valence-corrected chi connectivity index (χ4v) is 6.48. The number of ether oxygens (including phenoxy) is 1. The minimum absolute atomic E-state index is 0.0295. The molecule has 1 aliphatic heterocycles. The Bertz CT molecular complexity index is 804. The summed E-state index contributed by atoms with van der Waals surface area (Å²) >= 11 is 0. The van der Waals surface area contributed by atoms with Gasteiger partial charge in [0.25, 0.3) is 0 Å². The van der Waals surface area contributed by atoms with Crippen LogP contribution in [-0.2, 0) is 19.1 Å². The number of esters is 2. The molecule has 5 heteroatoms. The van der Waals surface area contributed by atoms with Crippen LogP contribution in [0, 0.1) is 34.5 Å². The maximum atomic E-state index is 12.4. The Labute approximate surface area is 159 Å². The second kappa shape index (κ2) is 5.79. The van der Waals surface area contributed by atoms with Gasteiger partial charge in [0.05, 0.1) is 17.3 Å². The Morgan fingerprint density at radius 1 is 1.22 bits per heavy atom. The topological polar surface area (TPSA) is 80.7 Å². The molecule has 2 fully saturated rings. The number of fused-ring (bicyclic) bond motifs is 4. The van der Waals surface area contributed by atoms with Crippen molar-refractivity contribution in [1.82, 2.24) is 0 Å². The summed E-state index contributed by atoms with van der Waals surface area (Å²) in [5.74, 6) is -2.39. The number of carboxylic acids is 1. The molecular weight excluding hydrogens is 344 g/mol. The molecule has 0 aromatic rings. The van der Waals surface area contributed by atoms with Gasteiger partial charge in [-0.25, -0.2) is 0 Å². The molecule has 0 amide bonds. The van der Waals surface area contributed by atoms with Crippen LogP contribution in [0.5, 0.6) is 0 Å². The number of hydrogen-bond donors (Lipinski definition) is 1. The van der Waals surface area contributed by atoms with Crippen LogP contribution in [0.4, 0.5) is 0 Å². The molecule has 27 heavy (non-hydrogen) atoms. The van der Waals surface area contributed by atoms with Crippen LogP contribution in [0.3, 0.4) is 0 Å². The van der Waals surface area contributed by atoms with E-state index in [0.29, 0.717) is 12.8 Å². The second-order valence-electron chi connectivity index (χ2n) is 9.51. The van der Waals surface area contributed by atoms with E-state index < -0.39 is 35.2 Å². The zero-order chi connectivity index (χ0) is 19.7. The van der Waals surface area contributed by atoms with Gasteiger partial charge in [0.2, 0.25) is 0 Å². The molecule has 0 bridgehead atoms. The lowest BCUT2D eigenvalue weighted by molar-refractivity contribution is -0.159. The van der Waals surface area contributed by atoms with Crippen molar-refractivity contribution in [2.24, 2.45) is 34.5 Å². The smallest absolute Gasteiger partial charge is 0.321 e. The average molecular weight is 372 g/mol. The van der Waals surface area contributed by atoms with Crippen LogP contribution in [0.2, 0.25) is 0 Å². The summed E-state index contributed by atoms with van der Waals surface area (Å²) in [7, 11) is 0. The van der Waals surface area contributed by atoms with Crippen molar-refractivity contribution in [3.8, 4) is 0 Å². The van der Waals surface area contributed by atoms with Gasteiger partial charge >= 0.3 is 17.9 Å². The fraction of sp³-hybridized carbons (Fsp3) is 0.682. The minimum atomic E-state index is -0.753. The standard InChI is InChI=1S/C22H28O5/c1-11(2)13-10-14-16(19(24)27-18(14)23)12-6-7-15-21(3,17(12)13)8-5-9-22(15,4)20(25)26/h10-11,14-16H,5-9H2,1-4H3,(H,25,26). The lowest BCUT2D eigenvalue weighted by Crippen LogP contribution is -2.52. The van der Waals surface area contributed by atoms with Gasteiger partial charge < -0.3 is 9.84 Å². The van der Waals surface area contributed by atoms with Gasteiger partial charge in [-0.3, -0.25) is 14.4 Å². The molecular formula is C22H28O5. The van der Waals surface area contributed by atoms with Crippen molar-refractivity contribution >= 4 is 17.9 Å². The molecule has 1 heterocycles. The average Bonchev–Trinajstić information content (AvgIpc) is 2.88. The number of allylic oxidation sites excluding steroid dienone is 2. The van der Waals surface area contributed by atoms with Gasteiger partial charge in [-0.15, -0.1) is 0 Å². The molecule has 146 valence electrons. The summed E-state index contributed by atoms with van der Waals surface area (Å²) in [5, 5.41) is 10.00. The van der Waals surface area contributed by atoms with Crippen LogP contribution in [0.25, 0.3) is 0 Å². The van der Waals surface area contributed by atoms with Gasteiger partial charge in [-0.1, -0.05) is 38.8 Å². The number of rotatable bonds is 2. The summed E-state index contributed by atoms with van der Waals surface area (Å²) in [6.45, 7) is 8.28. The summed E-state index contributed by atoms with van der Waals surface area (Å²) in [4.78, 5) is 36.9. The van der Waals surface area contributed by atoms with Crippen molar-refractivity contribution in [1.29, 1.82) is 0 Å². The van der Waals surface area contributed by atoms with Crippen molar-refractivity contribution in [3.05, 3.63) is 22.8 Å². The van der Waals surface area contributed by atoms with E-state index in [-0.39, 0.29) is 17.3 Å². The lowest BCUT2D eigenvalue weighted by Gasteiger charge is -2.56. The molecule has 1 saturated carbocycles. The predicted molar refractivity (Wildman–Crippen MR) is 98.5 cm³/mol. The van der Waals surface area contributed by atoms with Gasteiger partial charge in [0.1, 0.15) is 0 Å². The zero-order valence-corrected chi connectivity index (χ0v) is 16.5. The van der Waals surface area contributed by atoms with Crippen LogP contribution < -0.4 is 0 Å². The van der Waals surface area contributed by atoms with Crippen LogP contribution >= 0.6 is 0 Å². The molecule has 4 aliphatic rings. The van der Waals surface area contributed by atoms with E-state index in [9.17, 15) is 19.5 Å². The fourth-order valence-electron chi connectivity index (χ4n) is 6.48. The number of aliphatic carboxylic acids is 1. The summed E-state index contributed by atoms with van der Waals surface area (Å²) in [5.41, 5.74) is 2.27. The maximum absolute atomic E-state index is 12.4. The second-order valence-corrected chi connectivity index (χ2v) is 9.51. The van der Waals surface area contributed by atoms with Crippen molar-refractivity contribution in [3.63, 3.8) is 0 Å².